The number of aryl methyl sites for hydroxylation is 1. The topological polar surface area (TPSA) is 44.1 Å². The third kappa shape index (κ3) is 3.60. The monoisotopic (exact) mass is 376 g/mol. The van der Waals surface area contributed by atoms with Gasteiger partial charge >= 0.3 is 5.97 Å². The second-order valence-electron chi connectivity index (χ2n) is 6.72. The van der Waals surface area contributed by atoms with Gasteiger partial charge in [0.15, 0.2) is 0 Å². The fourth-order valence-electron chi connectivity index (χ4n) is 3.47. The minimum atomic E-state index is -0.393. The Bertz CT molecular complexity index is 1110. The number of benzene rings is 2. The SMILES string of the molecule is O=C(Oc1cccc2ncccc12)c1cn(CCCCCF)c2ccccc12. The van der Waals surface area contributed by atoms with Gasteiger partial charge in [0.1, 0.15) is 5.75 Å². The van der Waals surface area contributed by atoms with E-state index in [1.54, 1.807) is 12.3 Å². The number of hydrogen-bond donors (Lipinski definition) is 0. The van der Waals surface area contributed by atoms with Crippen LogP contribution in [0.5, 0.6) is 5.75 Å². The lowest BCUT2D eigenvalue weighted by atomic mass is 10.1. The van der Waals surface area contributed by atoms with E-state index in [4.69, 9.17) is 4.74 Å². The number of para-hydroxylation sites is 1. The first-order valence-electron chi connectivity index (χ1n) is 9.47. The highest BCUT2D eigenvalue weighted by molar-refractivity contribution is 6.06. The molecule has 5 heteroatoms. The quantitative estimate of drug-likeness (QED) is 0.241. The van der Waals surface area contributed by atoms with E-state index in [1.807, 2.05) is 54.7 Å². The summed E-state index contributed by atoms with van der Waals surface area (Å²) in [5.41, 5.74) is 2.29. The minimum absolute atomic E-state index is 0.288. The Hall–Kier alpha value is -3.21. The van der Waals surface area contributed by atoms with Crippen molar-refractivity contribution in [2.75, 3.05) is 6.67 Å². The fourth-order valence-corrected chi connectivity index (χ4v) is 3.47. The maximum absolute atomic E-state index is 13.0. The molecule has 0 unspecified atom stereocenters. The number of carbonyl (C=O) groups excluding carboxylic acids is 1. The molecule has 0 atom stereocenters. The van der Waals surface area contributed by atoms with Crippen molar-refractivity contribution >= 4 is 27.8 Å². The zero-order valence-corrected chi connectivity index (χ0v) is 15.5. The van der Waals surface area contributed by atoms with Gasteiger partial charge in [0.05, 0.1) is 17.8 Å². The predicted octanol–water partition coefficient (Wildman–Crippen LogP) is 5.55. The van der Waals surface area contributed by atoms with Gasteiger partial charge in [-0.2, -0.15) is 0 Å². The Morgan fingerprint density at radius 2 is 1.82 bits per heavy atom. The van der Waals surface area contributed by atoms with Gasteiger partial charge in [0.2, 0.25) is 0 Å². The average molecular weight is 376 g/mol. The molecule has 0 aliphatic rings. The van der Waals surface area contributed by atoms with Gasteiger partial charge < -0.3 is 9.30 Å². The molecule has 0 N–H and O–H groups in total. The number of pyridine rings is 1. The van der Waals surface area contributed by atoms with Crippen molar-refractivity contribution in [3.05, 3.63) is 72.6 Å². The Balaban J connectivity index is 1.63. The number of hydrogen-bond acceptors (Lipinski definition) is 3. The number of ether oxygens (including phenoxy) is 1. The maximum Gasteiger partial charge on any atom is 0.345 e. The van der Waals surface area contributed by atoms with E-state index in [9.17, 15) is 9.18 Å². The molecule has 28 heavy (non-hydrogen) atoms. The van der Waals surface area contributed by atoms with E-state index in [-0.39, 0.29) is 6.67 Å². The number of halogens is 1. The highest BCUT2D eigenvalue weighted by Crippen LogP contribution is 2.27. The summed E-state index contributed by atoms with van der Waals surface area (Å²) in [6.07, 6.45) is 5.82. The van der Waals surface area contributed by atoms with Crippen LogP contribution in [0.3, 0.4) is 0 Å². The standard InChI is InChI=1S/C23H21FN2O2/c24-13-4-1-5-15-26-16-19(17-8-2-3-11-21(17)26)23(27)28-22-12-6-10-20-18(22)9-7-14-25-20/h2-3,6-12,14,16H,1,4-5,13,15H2. The largest absolute Gasteiger partial charge is 0.422 e. The molecule has 2 aromatic heterocycles. The zero-order chi connectivity index (χ0) is 19.3. The zero-order valence-electron chi connectivity index (χ0n) is 15.5. The van der Waals surface area contributed by atoms with Crippen LogP contribution in [0.25, 0.3) is 21.8 Å². The molecule has 0 fully saturated rings. The van der Waals surface area contributed by atoms with Crippen LogP contribution in [0.2, 0.25) is 0 Å². The molecule has 0 aliphatic heterocycles. The van der Waals surface area contributed by atoms with Crippen molar-refractivity contribution in [2.24, 2.45) is 0 Å². The lowest BCUT2D eigenvalue weighted by molar-refractivity contribution is 0.0739. The lowest BCUT2D eigenvalue weighted by Gasteiger charge is -2.06. The van der Waals surface area contributed by atoms with Crippen molar-refractivity contribution in [1.29, 1.82) is 0 Å². The first-order chi connectivity index (χ1) is 13.8. The van der Waals surface area contributed by atoms with Crippen LogP contribution in [-0.4, -0.2) is 22.2 Å². The minimum Gasteiger partial charge on any atom is -0.422 e. The Morgan fingerprint density at radius 1 is 0.964 bits per heavy atom. The first kappa shape index (κ1) is 18.2. The number of fused-ring (bicyclic) bond motifs is 2. The summed E-state index contributed by atoms with van der Waals surface area (Å²) in [7, 11) is 0. The van der Waals surface area contributed by atoms with Crippen molar-refractivity contribution in [1.82, 2.24) is 9.55 Å². The summed E-state index contributed by atoms with van der Waals surface area (Å²) in [4.78, 5) is 17.3. The molecule has 2 aromatic carbocycles. The molecule has 0 saturated carbocycles. The van der Waals surface area contributed by atoms with Crippen molar-refractivity contribution in [2.45, 2.75) is 25.8 Å². The highest BCUT2D eigenvalue weighted by Gasteiger charge is 2.18. The molecule has 2 heterocycles. The summed E-state index contributed by atoms with van der Waals surface area (Å²) in [6, 6.07) is 17.0. The van der Waals surface area contributed by atoms with E-state index < -0.39 is 5.97 Å². The fraction of sp³-hybridized carbons (Fsp3) is 0.217. The molecule has 4 nitrogen and oxygen atoms in total. The van der Waals surface area contributed by atoms with Gasteiger partial charge in [-0.05, 0) is 49.6 Å². The Kier molecular flexibility index (Phi) is 5.33. The number of aromatic nitrogens is 2. The van der Waals surface area contributed by atoms with Gasteiger partial charge in [-0.1, -0.05) is 24.3 Å². The lowest BCUT2D eigenvalue weighted by Crippen LogP contribution is -2.08. The Labute approximate surface area is 162 Å². The maximum atomic E-state index is 13.0. The van der Waals surface area contributed by atoms with E-state index in [2.05, 4.69) is 9.55 Å². The molecule has 0 bridgehead atoms. The molecule has 142 valence electrons. The van der Waals surface area contributed by atoms with Crippen LogP contribution in [0.4, 0.5) is 4.39 Å². The number of esters is 1. The van der Waals surface area contributed by atoms with Crippen LogP contribution in [0, 0.1) is 0 Å². The summed E-state index contributed by atoms with van der Waals surface area (Å²) in [5.74, 6) is 0.102. The van der Waals surface area contributed by atoms with Crippen molar-refractivity contribution < 1.29 is 13.9 Å². The molecular formula is C23H21FN2O2. The first-order valence-corrected chi connectivity index (χ1v) is 9.47. The van der Waals surface area contributed by atoms with E-state index in [0.717, 1.165) is 41.2 Å². The Morgan fingerprint density at radius 3 is 2.71 bits per heavy atom. The van der Waals surface area contributed by atoms with E-state index in [0.29, 0.717) is 17.7 Å². The van der Waals surface area contributed by atoms with Gasteiger partial charge in [0.25, 0.3) is 0 Å². The smallest absolute Gasteiger partial charge is 0.345 e. The molecule has 0 radical (unpaired) electrons. The van der Waals surface area contributed by atoms with Crippen LogP contribution >= 0.6 is 0 Å². The summed E-state index contributed by atoms with van der Waals surface area (Å²) in [6.45, 7) is 0.454. The summed E-state index contributed by atoms with van der Waals surface area (Å²) < 4.78 is 20.1. The van der Waals surface area contributed by atoms with Crippen molar-refractivity contribution in [3.8, 4) is 5.75 Å². The number of rotatable bonds is 7. The van der Waals surface area contributed by atoms with E-state index >= 15 is 0 Å². The van der Waals surface area contributed by atoms with Gasteiger partial charge in [0, 0.05) is 35.2 Å². The normalized spacial score (nSPS) is 11.2. The second-order valence-corrected chi connectivity index (χ2v) is 6.72. The van der Waals surface area contributed by atoms with Crippen LogP contribution in [-0.2, 0) is 6.54 Å². The third-order valence-electron chi connectivity index (χ3n) is 4.85. The van der Waals surface area contributed by atoms with Crippen LogP contribution in [0.1, 0.15) is 29.6 Å². The molecule has 0 aliphatic carbocycles. The third-order valence-corrected chi connectivity index (χ3v) is 4.85. The molecular weight excluding hydrogens is 355 g/mol. The number of carbonyl (C=O) groups is 1. The van der Waals surface area contributed by atoms with Crippen LogP contribution in [0.15, 0.2) is 67.0 Å². The van der Waals surface area contributed by atoms with E-state index in [1.165, 1.54) is 0 Å². The molecule has 4 aromatic rings. The molecule has 0 spiro atoms. The van der Waals surface area contributed by atoms with Crippen LogP contribution < -0.4 is 4.74 Å². The second kappa shape index (κ2) is 8.21. The van der Waals surface area contributed by atoms with Gasteiger partial charge in [-0.15, -0.1) is 0 Å². The average Bonchev–Trinajstić information content (AvgIpc) is 3.10. The predicted molar refractivity (Wildman–Crippen MR) is 108 cm³/mol. The molecule has 0 amide bonds. The number of alkyl halides is 1. The van der Waals surface area contributed by atoms with Gasteiger partial charge in [-0.25, -0.2) is 4.79 Å². The molecule has 4 rings (SSSR count). The highest BCUT2D eigenvalue weighted by atomic mass is 19.1. The van der Waals surface area contributed by atoms with Gasteiger partial charge in [-0.3, -0.25) is 9.37 Å². The number of unbranched alkanes of at least 4 members (excludes halogenated alkanes) is 2. The summed E-state index contributed by atoms with van der Waals surface area (Å²) >= 11 is 0. The van der Waals surface area contributed by atoms with Crippen molar-refractivity contribution in [3.63, 3.8) is 0 Å². The number of nitrogens with zero attached hydrogens (tertiary/aromatic N) is 2. The molecule has 0 saturated heterocycles. The summed E-state index contributed by atoms with van der Waals surface area (Å²) in [5, 5.41) is 1.66.